The summed E-state index contributed by atoms with van der Waals surface area (Å²) < 4.78 is 48.0. The first-order chi connectivity index (χ1) is 8.38. The smallest absolute Gasteiger partial charge is 0.748 e. The van der Waals surface area contributed by atoms with Gasteiger partial charge in [0.2, 0.25) is 0 Å². The van der Waals surface area contributed by atoms with Crippen LogP contribution in [0.2, 0.25) is 0 Å². The Morgan fingerprint density at radius 2 is 1.79 bits per heavy atom. The summed E-state index contributed by atoms with van der Waals surface area (Å²) in [6.07, 6.45) is 6.62. The minimum absolute atomic E-state index is 0. The molecule has 0 aromatic heterocycles. The van der Waals surface area contributed by atoms with Crippen LogP contribution in [0.15, 0.2) is 0 Å². The molecule has 1 saturated carbocycles. The Labute approximate surface area is 140 Å². The molecule has 0 heterocycles. The number of hydrogen-bond acceptors (Lipinski definition) is 5. The second kappa shape index (κ2) is 9.87. The molecule has 1 aliphatic rings. The van der Waals surface area contributed by atoms with Gasteiger partial charge >= 0.3 is 29.6 Å². The van der Waals surface area contributed by atoms with Gasteiger partial charge in [0.1, 0.15) is 0 Å². The summed E-state index contributed by atoms with van der Waals surface area (Å²) in [6.45, 7) is 0.500. The maximum absolute atomic E-state index is 11.3. The van der Waals surface area contributed by atoms with E-state index in [0.29, 0.717) is 24.7 Å². The van der Waals surface area contributed by atoms with Gasteiger partial charge in [0.25, 0.3) is 0 Å². The molecule has 1 aliphatic carbocycles. The van der Waals surface area contributed by atoms with Gasteiger partial charge in [-0.1, -0.05) is 0 Å². The predicted molar refractivity (Wildman–Crippen MR) is 69.9 cm³/mol. The number of ether oxygens (including phenoxy) is 1. The van der Waals surface area contributed by atoms with Crippen molar-refractivity contribution in [2.24, 2.45) is 0 Å². The second-order valence-electron chi connectivity index (χ2n) is 4.74. The molecule has 1 unspecified atom stereocenters. The van der Waals surface area contributed by atoms with Crippen LogP contribution in [0.25, 0.3) is 0 Å². The van der Waals surface area contributed by atoms with Gasteiger partial charge in [-0.3, -0.25) is 4.21 Å². The summed E-state index contributed by atoms with van der Waals surface area (Å²) in [6, 6.07) is 0. The summed E-state index contributed by atoms with van der Waals surface area (Å²) in [5, 5.41) is 0.301. The van der Waals surface area contributed by atoms with Gasteiger partial charge in [-0.2, -0.15) is 0 Å². The molecule has 0 N–H and O–H groups in total. The van der Waals surface area contributed by atoms with Crippen molar-refractivity contribution >= 4 is 20.9 Å². The molecule has 0 radical (unpaired) electrons. The molecule has 0 saturated heterocycles. The summed E-state index contributed by atoms with van der Waals surface area (Å²) in [5.74, 6) is -0.308. The monoisotopic (exact) mass is 320 g/mol. The molecule has 0 amide bonds. The Bertz CT molecular complexity index is 363. The van der Waals surface area contributed by atoms with Gasteiger partial charge in [-0.25, -0.2) is 8.42 Å². The van der Waals surface area contributed by atoms with E-state index in [4.69, 9.17) is 4.74 Å². The van der Waals surface area contributed by atoms with Crippen LogP contribution in [0.5, 0.6) is 0 Å². The molecule has 0 aliphatic heterocycles. The third kappa shape index (κ3) is 9.55. The molecule has 8 heteroatoms. The quantitative estimate of drug-likeness (QED) is 0.308. The maximum atomic E-state index is 11.3. The molecule has 0 aromatic carbocycles. The Hall–Kier alpha value is 1.02. The Morgan fingerprint density at radius 1 is 1.21 bits per heavy atom. The standard InChI is InChI=1S/C11H22O5S2.Na/c1-17(12)11-6-4-10(5-7-11)16-8-2-3-9-18(13,14)15;/h10-11H,2-9H2,1H3,(H,13,14,15);/q;+1/p-1. The van der Waals surface area contributed by atoms with E-state index in [0.717, 1.165) is 25.7 Å². The molecule has 0 bridgehead atoms. The first-order valence-corrected chi connectivity index (χ1v) is 9.46. The maximum Gasteiger partial charge on any atom is 1.00 e. The first-order valence-electron chi connectivity index (χ1n) is 6.26. The summed E-state index contributed by atoms with van der Waals surface area (Å²) in [7, 11) is -4.83. The van der Waals surface area contributed by atoms with E-state index in [1.165, 1.54) is 0 Å². The predicted octanol–water partition coefficient (Wildman–Crippen LogP) is -1.98. The van der Waals surface area contributed by atoms with E-state index in [1.54, 1.807) is 6.26 Å². The van der Waals surface area contributed by atoms with Crippen molar-refractivity contribution in [1.82, 2.24) is 0 Å². The molecule has 1 fully saturated rings. The molecule has 19 heavy (non-hydrogen) atoms. The van der Waals surface area contributed by atoms with Crippen molar-refractivity contribution < 1.29 is 51.5 Å². The van der Waals surface area contributed by atoms with E-state index in [9.17, 15) is 17.2 Å². The van der Waals surface area contributed by atoms with Gasteiger partial charge in [0.15, 0.2) is 0 Å². The van der Waals surface area contributed by atoms with Crippen LogP contribution in [-0.2, 0) is 25.7 Å². The Morgan fingerprint density at radius 3 is 2.26 bits per heavy atom. The third-order valence-corrected chi connectivity index (χ3v) is 5.43. The zero-order valence-corrected chi connectivity index (χ0v) is 15.3. The van der Waals surface area contributed by atoms with Crippen LogP contribution in [0.1, 0.15) is 38.5 Å². The van der Waals surface area contributed by atoms with Crippen LogP contribution >= 0.6 is 0 Å². The zero-order valence-electron chi connectivity index (χ0n) is 11.7. The number of rotatable bonds is 7. The topological polar surface area (TPSA) is 83.5 Å². The SMILES string of the molecule is CS(=O)C1CCC(OCCCCS(=O)(=O)[O-])CC1.[Na+]. The fraction of sp³-hybridized carbons (Fsp3) is 1.00. The van der Waals surface area contributed by atoms with E-state index in [1.807, 2.05) is 0 Å². The van der Waals surface area contributed by atoms with Crippen LogP contribution in [0, 0.1) is 0 Å². The molecule has 0 aromatic rings. The van der Waals surface area contributed by atoms with Crippen molar-refractivity contribution in [1.29, 1.82) is 0 Å². The second-order valence-corrected chi connectivity index (χ2v) is 7.92. The average Bonchev–Trinajstić information content (AvgIpc) is 2.27. The first kappa shape index (κ1) is 20.0. The van der Waals surface area contributed by atoms with Gasteiger partial charge in [0.05, 0.1) is 16.2 Å². The molecule has 5 nitrogen and oxygen atoms in total. The molecular weight excluding hydrogens is 299 g/mol. The fourth-order valence-corrected chi connectivity index (χ4v) is 3.66. The van der Waals surface area contributed by atoms with Crippen LogP contribution < -0.4 is 29.6 Å². The minimum atomic E-state index is -4.09. The minimum Gasteiger partial charge on any atom is -0.748 e. The van der Waals surface area contributed by atoms with Crippen LogP contribution in [0.4, 0.5) is 0 Å². The Balaban J connectivity index is 0.00000324. The summed E-state index contributed by atoms with van der Waals surface area (Å²) in [5.41, 5.74) is 0. The average molecular weight is 320 g/mol. The van der Waals surface area contributed by atoms with Crippen molar-refractivity contribution in [3.05, 3.63) is 0 Å². The summed E-state index contributed by atoms with van der Waals surface area (Å²) in [4.78, 5) is 0. The third-order valence-electron chi connectivity index (χ3n) is 3.23. The van der Waals surface area contributed by atoms with Crippen molar-refractivity contribution in [3.8, 4) is 0 Å². The molecule has 1 rings (SSSR count). The van der Waals surface area contributed by atoms with E-state index < -0.39 is 20.9 Å². The molecular formula is C11H21NaO5S2. The van der Waals surface area contributed by atoms with Crippen molar-refractivity contribution in [3.63, 3.8) is 0 Å². The van der Waals surface area contributed by atoms with Gasteiger partial charge in [-0.05, 0) is 38.5 Å². The summed E-state index contributed by atoms with van der Waals surface area (Å²) >= 11 is 0. The van der Waals surface area contributed by atoms with Crippen LogP contribution in [-0.4, -0.2) is 47.1 Å². The fourth-order valence-electron chi connectivity index (χ4n) is 2.16. The van der Waals surface area contributed by atoms with Crippen molar-refractivity contribution in [2.75, 3.05) is 18.6 Å². The van der Waals surface area contributed by atoms with Crippen molar-refractivity contribution in [2.45, 2.75) is 49.9 Å². The Kier molecular flexibility index (Phi) is 10.4. The number of unbranched alkanes of at least 4 members (excludes halogenated alkanes) is 1. The molecule has 1 atom stereocenters. The van der Waals surface area contributed by atoms with E-state index in [2.05, 4.69) is 0 Å². The number of hydrogen-bond donors (Lipinski definition) is 0. The normalized spacial score (nSPS) is 25.6. The van der Waals surface area contributed by atoms with Gasteiger partial charge in [-0.15, -0.1) is 0 Å². The van der Waals surface area contributed by atoms with Gasteiger partial charge in [0, 0.05) is 34.7 Å². The van der Waals surface area contributed by atoms with E-state index >= 15 is 0 Å². The van der Waals surface area contributed by atoms with Crippen LogP contribution in [0.3, 0.4) is 0 Å². The molecule has 0 spiro atoms. The zero-order chi connectivity index (χ0) is 13.6. The molecule has 108 valence electrons. The largest absolute Gasteiger partial charge is 1.00 e. The van der Waals surface area contributed by atoms with Gasteiger partial charge < -0.3 is 9.29 Å². The van der Waals surface area contributed by atoms with E-state index in [-0.39, 0.29) is 41.4 Å².